The minimum atomic E-state index is -0.518. The van der Waals surface area contributed by atoms with Crippen molar-refractivity contribution in [3.05, 3.63) is 29.3 Å². The van der Waals surface area contributed by atoms with Crippen LogP contribution in [0.2, 0.25) is 5.02 Å². The van der Waals surface area contributed by atoms with E-state index in [9.17, 15) is 5.11 Å². The highest BCUT2D eigenvalue weighted by molar-refractivity contribution is 6.30. The van der Waals surface area contributed by atoms with Crippen molar-refractivity contribution in [3.63, 3.8) is 0 Å². The second kappa shape index (κ2) is 9.22. The fraction of sp³-hybridized carbons (Fsp3) is 0.625. The van der Waals surface area contributed by atoms with Gasteiger partial charge in [0.25, 0.3) is 0 Å². The average Bonchev–Trinajstić information content (AvgIpc) is 2.40. The summed E-state index contributed by atoms with van der Waals surface area (Å²) in [7, 11) is 0. The molecule has 0 radical (unpaired) electrons. The number of benzene rings is 1. The van der Waals surface area contributed by atoms with E-state index in [0.717, 1.165) is 12.3 Å². The van der Waals surface area contributed by atoms with Crippen molar-refractivity contribution in [1.82, 2.24) is 5.32 Å². The molecule has 0 spiro atoms. The highest BCUT2D eigenvalue weighted by Crippen LogP contribution is 2.17. The normalized spacial score (nSPS) is 14.3. The molecule has 114 valence electrons. The molecule has 0 amide bonds. The highest BCUT2D eigenvalue weighted by atomic mass is 35.5. The zero-order valence-corrected chi connectivity index (χ0v) is 13.4. The van der Waals surface area contributed by atoms with Gasteiger partial charge in [-0.15, -0.1) is 0 Å². The second-order valence-electron chi connectivity index (χ2n) is 5.70. The lowest BCUT2D eigenvalue weighted by molar-refractivity contribution is 0.103. The zero-order chi connectivity index (χ0) is 15.0. The Hall–Kier alpha value is -0.770. The Morgan fingerprint density at radius 2 is 2.00 bits per heavy atom. The van der Waals surface area contributed by atoms with Gasteiger partial charge < -0.3 is 15.2 Å². The summed E-state index contributed by atoms with van der Waals surface area (Å²) in [6.45, 7) is 7.40. The number of rotatable bonds is 9. The van der Waals surface area contributed by atoms with E-state index in [-0.39, 0.29) is 6.61 Å². The molecule has 0 aliphatic rings. The maximum Gasteiger partial charge on any atom is 0.120 e. The first-order valence-electron chi connectivity index (χ1n) is 7.27. The van der Waals surface area contributed by atoms with Gasteiger partial charge in [0.05, 0.1) is 0 Å². The van der Waals surface area contributed by atoms with E-state index in [0.29, 0.717) is 23.4 Å². The number of aliphatic hydroxyl groups excluding tert-OH is 1. The highest BCUT2D eigenvalue weighted by Gasteiger charge is 2.08. The van der Waals surface area contributed by atoms with Gasteiger partial charge >= 0.3 is 0 Å². The molecule has 0 saturated carbocycles. The summed E-state index contributed by atoms with van der Waals surface area (Å²) in [5, 5.41) is 13.9. The molecule has 4 heteroatoms. The van der Waals surface area contributed by atoms with Crippen molar-refractivity contribution in [2.75, 3.05) is 13.2 Å². The van der Waals surface area contributed by atoms with Gasteiger partial charge in [0.2, 0.25) is 0 Å². The Balaban J connectivity index is 2.18. The van der Waals surface area contributed by atoms with E-state index in [1.54, 1.807) is 12.1 Å². The third kappa shape index (κ3) is 7.73. The summed E-state index contributed by atoms with van der Waals surface area (Å²) in [5.74, 6) is 1.40. The molecule has 0 saturated heterocycles. The van der Waals surface area contributed by atoms with E-state index in [1.165, 1.54) is 6.42 Å². The largest absolute Gasteiger partial charge is 0.491 e. The molecule has 3 nitrogen and oxygen atoms in total. The summed E-state index contributed by atoms with van der Waals surface area (Å²) in [5.41, 5.74) is 0. The van der Waals surface area contributed by atoms with E-state index >= 15 is 0 Å². The average molecular weight is 300 g/mol. The number of halogens is 1. The van der Waals surface area contributed by atoms with Gasteiger partial charge in [0.1, 0.15) is 18.5 Å². The van der Waals surface area contributed by atoms with Gasteiger partial charge in [-0.1, -0.05) is 31.5 Å². The van der Waals surface area contributed by atoms with Gasteiger partial charge in [-0.2, -0.15) is 0 Å². The summed E-state index contributed by atoms with van der Waals surface area (Å²) in [4.78, 5) is 0. The van der Waals surface area contributed by atoms with Crippen LogP contribution in [0, 0.1) is 5.92 Å². The summed E-state index contributed by atoms with van der Waals surface area (Å²) in [6.07, 6.45) is 1.80. The Morgan fingerprint density at radius 3 is 2.65 bits per heavy atom. The predicted octanol–water partition coefficient (Wildman–Crippen LogP) is 3.49. The molecule has 2 unspecified atom stereocenters. The second-order valence-corrected chi connectivity index (χ2v) is 6.14. The van der Waals surface area contributed by atoms with Gasteiger partial charge in [-0.25, -0.2) is 0 Å². The lowest BCUT2D eigenvalue weighted by Gasteiger charge is -2.18. The predicted molar refractivity (Wildman–Crippen MR) is 84.5 cm³/mol. The van der Waals surface area contributed by atoms with Gasteiger partial charge in [-0.05, 0) is 43.9 Å². The summed E-state index contributed by atoms with van der Waals surface area (Å²) < 4.78 is 5.50. The first-order chi connectivity index (χ1) is 9.47. The summed E-state index contributed by atoms with van der Waals surface area (Å²) >= 11 is 5.87. The molecule has 20 heavy (non-hydrogen) atoms. The van der Waals surface area contributed by atoms with Gasteiger partial charge in [-0.3, -0.25) is 0 Å². The minimum absolute atomic E-state index is 0.268. The molecule has 1 aromatic rings. The molecule has 0 heterocycles. The molecule has 0 aromatic heterocycles. The SMILES string of the molecule is CC(C)CCC(C)NCC(O)COc1cccc(Cl)c1. The van der Waals surface area contributed by atoms with Crippen LogP contribution in [-0.2, 0) is 0 Å². The van der Waals surface area contributed by atoms with Crippen molar-refractivity contribution in [2.24, 2.45) is 5.92 Å². The van der Waals surface area contributed by atoms with Crippen LogP contribution in [0.15, 0.2) is 24.3 Å². The molecule has 0 bridgehead atoms. The minimum Gasteiger partial charge on any atom is -0.491 e. The fourth-order valence-electron chi connectivity index (χ4n) is 1.83. The van der Waals surface area contributed by atoms with Crippen LogP contribution in [0.25, 0.3) is 0 Å². The Labute approximate surface area is 127 Å². The summed E-state index contributed by atoms with van der Waals surface area (Å²) in [6, 6.07) is 7.61. The van der Waals surface area contributed by atoms with Crippen LogP contribution in [-0.4, -0.2) is 30.4 Å². The number of hydrogen-bond donors (Lipinski definition) is 2. The maximum absolute atomic E-state index is 9.89. The van der Waals surface area contributed by atoms with Crippen molar-refractivity contribution in [1.29, 1.82) is 0 Å². The Bertz CT molecular complexity index is 384. The third-order valence-corrected chi connectivity index (χ3v) is 3.35. The van der Waals surface area contributed by atoms with E-state index < -0.39 is 6.10 Å². The van der Waals surface area contributed by atoms with Gasteiger partial charge in [0, 0.05) is 17.6 Å². The van der Waals surface area contributed by atoms with Crippen molar-refractivity contribution in [3.8, 4) is 5.75 Å². The smallest absolute Gasteiger partial charge is 0.120 e. The monoisotopic (exact) mass is 299 g/mol. The van der Waals surface area contributed by atoms with Crippen LogP contribution in [0.5, 0.6) is 5.75 Å². The fourth-order valence-corrected chi connectivity index (χ4v) is 2.01. The molecule has 0 fully saturated rings. The Kier molecular flexibility index (Phi) is 7.97. The van der Waals surface area contributed by atoms with Crippen LogP contribution >= 0.6 is 11.6 Å². The van der Waals surface area contributed by atoms with E-state index in [1.807, 2.05) is 12.1 Å². The number of ether oxygens (including phenoxy) is 1. The molecular weight excluding hydrogens is 274 g/mol. The van der Waals surface area contributed by atoms with Gasteiger partial charge in [0.15, 0.2) is 0 Å². The lowest BCUT2D eigenvalue weighted by Crippen LogP contribution is -2.36. The number of aliphatic hydroxyl groups is 1. The zero-order valence-electron chi connectivity index (χ0n) is 12.6. The number of hydrogen-bond acceptors (Lipinski definition) is 3. The molecule has 2 N–H and O–H groups in total. The van der Waals surface area contributed by atoms with Crippen molar-refractivity contribution < 1.29 is 9.84 Å². The van der Waals surface area contributed by atoms with Crippen LogP contribution < -0.4 is 10.1 Å². The first-order valence-corrected chi connectivity index (χ1v) is 7.65. The van der Waals surface area contributed by atoms with Crippen LogP contribution in [0.4, 0.5) is 0 Å². The molecule has 1 aromatic carbocycles. The van der Waals surface area contributed by atoms with Crippen molar-refractivity contribution >= 4 is 11.6 Å². The maximum atomic E-state index is 9.89. The topological polar surface area (TPSA) is 41.5 Å². The first kappa shape index (κ1) is 17.3. The van der Waals surface area contributed by atoms with E-state index in [2.05, 4.69) is 26.1 Å². The lowest BCUT2D eigenvalue weighted by atomic mass is 10.0. The Morgan fingerprint density at radius 1 is 1.25 bits per heavy atom. The van der Waals surface area contributed by atoms with Crippen LogP contribution in [0.1, 0.15) is 33.6 Å². The van der Waals surface area contributed by atoms with Crippen molar-refractivity contribution in [2.45, 2.75) is 45.8 Å². The number of nitrogens with one attached hydrogen (secondary N) is 1. The molecule has 2 atom stereocenters. The standard InChI is InChI=1S/C16H26ClNO2/c1-12(2)7-8-13(3)18-10-15(19)11-20-16-6-4-5-14(17)9-16/h4-6,9,12-13,15,18-19H,7-8,10-11H2,1-3H3. The molecule has 0 aliphatic carbocycles. The molecule has 0 aliphatic heterocycles. The molecule has 1 rings (SSSR count). The molecular formula is C16H26ClNO2. The quantitative estimate of drug-likeness (QED) is 0.733. The van der Waals surface area contributed by atoms with Crippen LogP contribution in [0.3, 0.4) is 0 Å². The third-order valence-electron chi connectivity index (χ3n) is 3.12. The van der Waals surface area contributed by atoms with E-state index in [4.69, 9.17) is 16.3 Å².